The molecule has 32 heavy (non-hydrogen) atoms. The van der Waals surface area contributed by atoms with E-state index >= 15 is 0 Å². The van der Waals surface area contributed by atoms with E-state index in [1.54, 1.807) is 11.5 Å². The van der Waals surface area contributed by atoms with Crippen LogP contribution in [0.3, 0.4) is 0 Å². The molecule has 2 aliphatic carbocycles. The van der Waals surface area contributed by atoms with Crippen molar-refractivity contribution in [3.05, 3.63) is 30.0 Å². The van der Waals surface area contributed by atoms with Gasteiger partial charge in [0.15, 0.2) is 0 Å². The summed E-state index contributed by atoms with van der Waals surface area (Å²) in [4.78, 5) is 27.1. The van der Waals surface area contributed by atoms with Crippen molar-refractivity contribution in [2.75, 3.05) is 26.2 Å². The van der Waals surface area contributed by atoms with Gasteiger partial charge in [-0.25, -0.2) is 0 Å². The molecule has 2 bridgehead atoms. The highest BCUT2D eigenvalue weighted by Gasteiger charge is 2.53. The Morgan fingerprint density at radius 1 is 1.06 bits per heavy atom. The van der Waals surface area contributed by atoms with Crippen molar-refractivity contribution in [2.24, 2.45) is 29.4 Å². The zero-order chi connectivity index (χ0) is 22.1. The van der Waals surface area contributed by atoms with E-state index in [-0.39, 0.29) is 23.7 Å². The number of aromatic nitrogens is 1. The van der Waals surface area contributed by atoms with E-state index in [0.29, 0.717) is 24.3 Å². The molecule has 1 aliphatic heterocycles. The normalized spacial score (nSPS) is 28.4. The highest BCUT2D eigenvalue weighted by molar-refractivity contribution is 7.13. The van der Waals surface area contributed by atoms with Crippen LogP contribution in [0.15, 0.2) is 24.3 Å². The number of hydrogen-bond acceptors (Lipinski definition) is 5. The number of nitrogens with zero attached hydrogens (tertiary/aromatic N) is 2. The van der Waals surface area contributed by atoms with Gasteiger partial charge < -0.3 is 16.0 Å². The van der Waals surface area contributed by atoms with Crippen LogP contribution in [-0.4, -0.2) is 47.3 Å². The Hall–Kier alpha value is -1.99. The molecule has 3 fully saturated rings. The van der Waals surface area contributed by atoms with Crippen molar-refractivity contribution in [2.45, 2.75) is 50.9 Å². The zero-order valence-electron chi connectivity index (χ0n) is 18.7. The van der Waals surface area contributed by atoms with Crippen molar-refractivity contribution in [1.82, 2.24) is 14.6 Å². The van der Waals surface area contributed by atoms with E-state index in [1.165, 1.54) is 28.6 Å². The van der Waals surface area contributed by atoms with Crippen molar-refractivity contribution in [1.29, 1.82) is 0 Å². The van der Waals surface area contributed by atoms with Crippen LogP contribution in [-0.2, 0) is 9.59 Å². The van der Waals surface area contributed by atoms with Gasteiger partial charge in [-0.3, -0.25) is 9.59 Å². The summed E-state index contributed by atoms with van der Waals surface area (Å²) in [6, 6.07) is 8.56. The molecule has 1 aromatic carbocycles. The van der Waals surface area contributed by atoms with Crippen molar-refractivity contribution >= 4 is 33.4 Å². The summed E-state index contributed by atoms with van der Waals surface area (Å²) in [5.74, 6) is 0.592. The van der Waals surface area contributed by atoms with Crippen LogP contribution in [0.4, 0.5) is 0 Å². The third-order valence-electron chi connectivity index (χ3n) is 8.13. The van der Waals surface area contributed by atoms with E-state index in [2.05, 4.69) is 34.5 Å². The monoisotopic (exact) mass is 454 g/mol. The third kappa shape index (κ3) is 4.29. The molecule has 172 valence electrons. The number of nitrogens with one attached hydrogen (secondary N) is 1. The molecule has 2 amide bonds. The van der Waals surface area contributed by atoms with Gasteiger partial charge in [0.2, 0.25) is 11.8 Å². The Balaban J connectivity index is 1.02. The summed E-state index contributed by atoms with van der Waals surface area (Å²) in [7, 11) is 0. The number of rotatable bonds is 8. The number of hydrogen-bond donors (Lipinski definition) is 2. The fraction of sp³-hybridized carbons (Fsp3) is 0.640. The highest BCUT2D eigenvalue weighted by atomic mass is 32.1. The van der Waals surface area contributed by atoms with Gasteiger partial charge in [0.1, 0.15) is 0 Å². The fourth-order valence-corrected chi connectivity index (χ4v) is 7.35. The maximum Gasteiger partial charge on any atom is 0.224 e. The van der Waals surface area contributed by atoms with Crippen molar-refractivity contribution in [3.63, 3.8) is 0 Å². The number of unbranched alkanes of at least 4 members (excludes halogenated alkanes) is 1. The number of fused-ring (bicyclic) bond motifs is 3. The molecule has 2 saturated carbocycles. The molecule has 3 aliphatic rings. The Morgan fingerprint density at radius 2 is 1.81 bits per heavy atom. The standard InChI is InChI=1S/C25H34N4O2S/c26-24(30)21-17-7-8-18(15-17)22(21)25(31)27-11-3-4-12-29-13-9-16(10-14-29)23-19-5-1-2-6-20(19)32-28-23/h1-2,5-6,16-18,21-22H,3-4,7-15H2,(H2,26,30)(H,27,31). The lowest BCUT2D eigenvalue weighted by Crippen LogP contribution is -2.43. The summed E-state index contributed by atoms with van der Waals surface area (Å²) in [5, 5.41) is 4.44. The average Bonchev–Trinajstić information content (AvgIpc) is 3.53. The number of nitrogens with two attached hydrogens (primary N) is 1. The summed E-state index contributed by atoms with van der Waals surface area (Å²) in [5.41, 5.74) is 6.91. The molecular weight excluding hydrogens is 420 g/mol. The van der Waals surface area contributed by atoms with Crippen LogP contribution in [0.5, 0.6) is 0 Å². The molecule has 4 unspecified atom stereocenters. The number of carbonyl (C=O) groups excluding carboxylic acids is 2. The summed E-state index contributed by atoms with van der Waals surface area (Å²) in [6.45, 7) is 4.01. The largest absolute Gasteiger partial charge is 0.369 e. The van der Waals surface area contributed by atoms with Gasteiger partial charge >= 0.3 is 0 Å². The molecule has 5 rings (SSSR count). The smallest absolute Gasteiger partial charge is 0.224 e. The Morgan fingerprint density at radius 3 is 2.59 bits per heavy atom. The molecule has 6 nitrogen and oxygen atoms in total. The summed E-state index contributed by atoms with van der Waals surface area (Å²) < 4.78 is 6.06. The van der Waals surface area contributed by atoms with Gasteiger partial charge in [0.25, 0.3) is 0 Å². The number of carbonyl (C=O) groups is 2. The number of amides is 2. The van der Waals surface area contributed by atoms with E-state index < -0.39 is 0 Å². The molecule has 1 aromatic heterocycles. The topological polar surface area (TPSA) is 88.3 Å². The van der Waals surface area contributed by atoms with Gasteiger partial charge in [0, 0.05) is 17.8 Å². The van der Waals surface area contributed by atoms with Gasteiger partial charge in [-0.1, -0.05) is 18.2 Å². The van der Waals surface area contributed by atoms with Crippen LogP contribution in [0.2, 0.25) is 0 Å². The second-order valence-electron chi connectivity index (χ2n) is 9.97. The van der Waals surface area contributed by atoms with Gasteiger partial charge in [-0.15, -0.1) is 0 Å². The molecule has 1 saturated heterocycles. The van der Waals surface area contributed by atoms with Crippen LogP contribution >= 0.6 is 11.5 Å². The molecule has 7 heteroatoms. The number of benzene rings is 1. The molecule has 0 radical (unpaired) electrons. The molecule has 2 aromatic rings. The van der Waals surface area contributed by atoms with Crippen LogP contribution in [0.1, 0.15) is 56.6 Å². The predicted octanol–water partition coefficient (Wildman–Crippen LogP) is 3.52. The number of likely N-dealkylation sites (tertiary alicyclic amines) is 1. The molecular formula is C25H34N4O2S. The molecule has 3 N–H and O–H groups in total. The number of piperidine rings is 1. The minimum Gasteiger partial charge on any atom is -0.369 e. The fourth-order valence-electron chi connectivity index (χ4n) is 6.50. The maximum absolute atomic E-state index is 12.7. The average molecular weight is 455 g/mol. The van der Waals surface area contributed by atoms with Gasteiger partial charge in [0.05, 0.1) is 22.2 Å². The maximum atomic E-state index is 12.7. The predicted molar refractivity (Wildman–Crippen MR) is 127 cm³/mol. The Labute approximate surface area is 194 Å². The SMILES string of the molecule is NC(=O)C1C2CCC(C2)C1C(=O)NCCCCN1CCC(c2nsc3ccccc23)CC1. The second-order valence-corrected chi connectivity index (χ2v) is 10.8. The molecule has 2 heterocycles. The summed E-state index contributed by atoms with van der Waals surface area (Å²) >= 11 is 1.62. The molecule has 4 atom stereocenters. The van der Waals surface area contributed by atoms with Crippen LogP contribution < -0.4 is 11.1 Å². The van der Waals surface area contributed by atoms with E-state index in [1.807, 2.05) is 0 Å². The highest BCUT2D eigenvalue weighted by Crippen LogP contribution is 2.52. The van der Waals surface area contributed by atoms with Crippen molar-refractivity contribution in [3.8, 4) is 0 Å². The lowest BCUT2D eigenvalue weighted by molar-refractivity contribution is -0.135. The first kappa shape index (κ1) is 21.8. The summed E-state index contributed by atoms with van der Waals surface area (Å²) in [6.07, 6.45) is 7.52. The van der Waals surface area contributed by atoms with E-state index in [4.69, 9.17) is 10.1 Å². The second kappa shape index (κ2) is 9.48. The lowest BCUT2D eigenvalue weighted by atomic mass is 9.78. The first-order chi connectivity index (χ1) is 15.6. The third-order valence-corrected chi connectivity index (χ3v) is 8.97. The first-order valence-corrected chi connectivity index (χ1v) is 13.0. The zero-order valence-corrected chi connectivity index (χ0v) is 19.5. The minimum atomic E-state index is -0.286. The van der Waals surface area contributed by atoms with E-state index in [0.717, 1.165) is 51.7 Å². The van der Waals surface area contributed by atoms with Gasteiger partial charge in [-0.05, 0) is 94.0 Å². The molecule has 0 spiro atoms. The van der Waals surface area contributed by atoms with Crippen LogP contribution in [0.25, 0.3) is 10.1 Å². The lowest BCUT2D eigenvalue weighted by Gasteiger charge is -2.31. The minimum absolute atomic E-state index is 0.0531. The Bertz CT molecular complexity index is 968. The number of primary amides is 1. The quantitative estimate of drug-likeness (QED) is 0.598. The van der Waals surface area contributed by atoms with E-state index in [9.17, 15) is 9.59 Å². The first-order valence-electron chi connectivity index (χ1n) is 12.3. The Kier molecular flexibility index (Phi) is 6.47. The van der Waals surface area contributed by atoms with Crippen LogP contribution in [0, 0.1) is 23.7 Å². The van der Waals surface area contributed by atoms with Gasteiger partial charge in [-0.2, -0.15) is 4.37 Å². The van der Waals surface area contributed by atoms with Crippen molar-refractivity contribution < 1.29 is 9.59 Å².